The van der Waals surface area contributed by atoms with Crippen LogP contribution in [0.4, 0.5) is 4.79 Å². The maximum Gasteiger partial charge on any atom is 0.410 e. The number of aryl methyl sites for hydroxylation is 1. The quantitative estimate of drug-likeness (QED) is 0.801. The van der Waals surface area contributed by atoms with Gasteiger partial charge < -0.3 is 19.3 Å². The van der Waals surface area contributed by atoms with Crippen LogP contribution in [0.2, 0.25) is 0 Å². The zero-order valence-electron chi connectivity index (χ0n) is 15.0. The van der Waals surface area contributed by atoms with Crippen molar-refractivity contribution >= 4 is 6.09 Å². The van der Waals surface area contributed by atoms with Crippen molar-refractivity contribution < 1.29 is 19.2 Å². The highest BCUT2D eigenvalue weighted by Crippen LogP contribution is 2.22. The molecule has 0 aliphatic carbocycles. The Labute approximate surface area is 143 Å². The van der Waals surface area contributed by atoms with Gasteiger partial charge in [-0.25, -0.2) is 4.79 Å². The predicted octanol–water partition coefficient (Wildman–Crippen LogP) is 2.57. The van der Waals surface area contributed by atoms with E-state index in [0.717, 1.165) is 32.2 Å². The van der Waals surface area contributed by atoms with E-state index in [1.54, 1.807) is 4.90 Å². The fourth-order valence-electron chi connectivity index (χ4n) is 2.84. The molecule has 0 radical (unpaired) electrons. The SMILES string of the molecule is CC(C)(C)OC(=O)N1CCCC(Cc2noc(CCCCO)n2)C1. The summed E-state index contributed by atoms with van der Waals surface area (Å²) in [6, 6.07) is 0. The molecule has 0 aromatic carbocycles. The third kappa shape index (κ3) is 6.11. The Bertz CT molecular complexity index is 524. The van der Waals surface area contributed by atoms with E-state index in [4.69, 9.17) is 14.4 Å². The zero-order valence-corrected chi connectivity index (χ0v) is 15.0. The Kier molecular flexibility index (Phi) is 6.60. The van der Waals surface area contributed by atoms with E-state index in [2.05, 4.69) is 10.1 Å². The summed E-state index contributed by atoms with van der Waals surface area (Å²) in [6.07, 6.45) is 4.76. The van der Waals surface area contributed by atoms with Crippen molar-refractivity contribution in [3.63, 3.8) is 0 Å². The summed E-state index contributed by atoms with van der Waals surface area (Å²) in [7, 11) is 0. The van der Waals surface area contributed by atoms with Gasteiger partial charge in [-0.2, -0.15) is 4.98 Å². The van der Waals surface area contributed by atoms with Crippen LogP contribution < -0.4 is 0 Å². The van der Waals surface area contributed by atoms with Crippen LogP contribution >= 0.6 is 0 Å². The lowest BCUT2D eigenvalue weighted by molar-refractivity contribution is 0.0165. The maximum atomic E-state index is 12.2. The molecule has 7 nitrogen and oxygen atoms in total. The highest BCUT2D eigenvalue weighted by Gasteiger charge is 2.28. The number of aliphatic hydroxyl groups excluding tert-OH is 1. The molecule has 1 aromatic rings. The van der Waals surface area contributed by atoms with Gasteiger partial charge >= 0.3 is 6.09 Å². The van der Waals surface area contributed by atoms with E-state index in [0.29, 0.717) is 37.0 Å². The van der Waals surface area contributed by atoms with Crippen molar-refractivity contribution in [3.05, 3.63) is 11.7 Å². The van der Waals surface area contributed by atoms with Gasteiger partial charge in [0.25, 0.3) is 0 Å². The lowest BCUT2D eigenvalue weighted by atomic mass is 9.95. The Morgan fingerprint density at radius 1 is 1.42 bits per heavy atom. The molecule has 0 saturated carbocycles. The zero-order chi connectivity index (χ0) is 17.6. The fraction of sp³-hybridized carbons (Fsp3) is 0.824. The molecule has 1 atom stereocenters. The van der Waals surface area contributed by atoms with Crippen molar-refractivity contribution in [2.45, 2.75) is 64.9 Å². The van der Waals surface area contributed by atoms with Crippen LogP contribution in [0.25, 0.3) is 0 Å². The molecule has 2 heterocycles. The van der Waals surface area contributed by atoms with Crippen molar-refractivity contribution in [2.24, 2.45) is 5.92 Å². The van der Waals surface area contributed by atoms with Gasteiger partial charge in [0.2, 0.25) is 5.89 Å². The monoisotopic (exact) mass is 339 g/mol. The first-order valence-electron chi connectivity index (χ1n) is 8.77. The summed E-state index contributed by atoms with van der Waals surface area (Å²) in [6.45, 7) is 7.23. The first kappa shape index (κ1) is 18.7. The number of aromatic nitrogens is 2. The maximum absolute atomic E-state index is 12.2. The van der Waals surface area contributed by atoms with Crippen LogP contribution in [0, 0.1) is 5.92 Å². The van der Waals surface area contributed by atoms with Crippen molar-refractivity contribution in [2.75, 3.05) is 19.7 Å². The summed E-state index contributed by atoms with van der Waals surface area (Å²) in [5, 5.41) is 12.8. The molecule has 1 saturated heterocycles. The fourth-order valence-corrected chi connectivity index (χ4v) is 2.84. The van der Waals surface area contributed by atoms with Crippen LogP contribution in [-0.2, 0) is 17.6 Å². The molecule has 1 fully saturated rings. The Balaban J connectivity index is 1.83. The average Bonchev–Trinajstić information content (AvgIpc) is 2.93. The van der Waals surface area contributed by atoms with Gasteiger partial charge in [0.15, 0.2) is 5.82 Å². The van der Waals surface area contributed by atoms with Crippen LogP contribution in [0.15, 0.2) is 4.52 Å². The summed E-state index contributed by atoms with van der Waals surface area (Å²) in [4.78, 5) is 18.4. The molecule has 24 heavy (non-hydrogen) atoms. The number of likely N-dealkylation sites (tertiary alicyclic amines) is 1. The lowest BCUT2D eigenvalue weighted by Gasteiger charge is -2.33. The highest BCUT2D eigenvalue weighted by atomic mass is 16.6. The Hall–Kier alpha value is -1.63. The largest absolute Gasteiger partial charge is 0.444 e. The van der Waals surface area contributed by atoms with E-state index >= 15 is 0 Å². The molecule has 1 amide bonds. The first-order valence-corrected chi connectivity index (χ1v) is 8.77. The minimum Gasteiger partial charge on any atom is -0.444 e. The number of amides is 1. The minimum atomic E-state index is -0.471. The second-order valence-electron chi connectivity index (χ2n) is 7.42. The molecule has 1 aliphatic rings. The highest BCUT2D eigenvalue weighted by molar-refractivity contribution is 5.68. The van der Waals surface area contributed by atoms with Gasteiger partial charge in [-0.05, 0) is 52.4 Å². The number of ether oxygens (including phenoxy) is 1. The topological polar surface area (TPSA) is 88.7 Å². The van der Waals surface area contributed by atoms with E-state index in [1.807, 2.05) is 20.8 Å². The molecule has 1 aromatic heterocycles. The summed E-state index contributed by atoms with van der Waals surface area (Å²) < 4.78 is 10.7. The van der Waals surface area contributed by atoms with Gasteiger partial charge in [-0.15, -0.1) is 0 Å². The number of rotatable bonds is 6. The van der Waals surface area contributed by atoms with Crippen molar-refractivity contribution in [1.29, 1.82) is 0 Å². The molecule has 0 bridgehead atoms. The summed E-state index contributed by atoms with van der Waals surface area (Å²) in [5.74, 6) is 1.65. The molecule has 1 unspecified atom stereocenters. The third-order valence-electron chi connectivity index (χ3n) is 3.95. The molecule has 0 spiro atoms. The predicted molar refractivity (Wildman–Crippen MR) is 88.6 cm³/mol. The van der Waals surface area contributed by atoms with Gasteiger partial charge in [0.05, 0.1) is 0 Å². The number of hydrogen-bond donors (Lipinski definition) is 1. The summed E-state index contributed by atoms with van der Waals surface area (Å²) >= 11 is 0. The standard InChI is InChI=1S/C17H29N3O4/c1-17(2,3)23-16(22)20-9-6-7-13(12-20)11-14-18-15(24-19-14)8-4-5-10-21/h13,21H,4-12H2,1-3H3. The van der Waals surface area contributed by atoms with Crippen LogP contribution in [0.1, 0.15) is 58.2 Å². The van der Waals surface area contributed by atoms with Crippen molar-refractivity contribution in [1.82, 2.24) is 15.0 Å². The van der Waals surface area contributed by atoms with Crippen LogP contribution in [0.3, 0.4) is 0 Å². The number of unbranched alkanes of at least 4 members (excludes halogenated alkanes) is 1. The number of nitrogens with zero attached hydrogens (tertiary/aromatic N) is 3. The van der Waals surface area contributed by atoms with Crippen LogP contribution in [0.5, 0.6) is 0 Å². The lowest BCUT2D eigenvalue weighted by Crippen LogP contribution is -2.43. The van der Waals surface area contributed by atoms with E-state index < -0.39 is 5.60 Å². The van der Waals surface area contributed by atoms with Gasteiger partial charge in [-0.1, -0.05) is 5.16 Å². The van der Waals surface area contributed by atoms with E-state index in [1.165, 1.54) is 0 Å². The number of carbonyl (C=O) groups excluding carboxylic acids is 1. The number of piperidine rings is 1. The molecule has 136 valence electrons. The minimum absolute atomic E-state index is 0.184. The number of carbonyl (C=O) groups is 1. The van der Waals surface area contributed by atoms with Gasteiger partial charge in [0, 0.05) is 32.5 Å². The second kappa shape index (κ2) is 8.46. The molecule has 7 heteroatoms. The number of aliphatic hydroxyl groups is 1. The molecular weight excluding hydrogens is 310 g/mol. The Morgan fingerprint density at radius 3 is 2.92 bits per heavy atom. The van der Waals surface area contributed by atoms with E-state index in [-0.39, 0.29) is 12.7 Å². The van der Waals surface area contributed by atoms with Gasteiger partial charge in [0.1, 0.15) is 5.60 Å². The third-order valence-corrected chi connectivity index (χ3v) is 3.95. The average molecular weight is 339 g/mol. The van der Waals surface area contributed by atoms with E-state index in [9.17, 15) is 4.79 Å². The smallest absolute Gasteiger partial charge is 0.410 e. The molecular formula is C17H29N3O4. The van der Waals surface area contributed by atoms with Gasteiger partial charge in [-0.3, -0.25) is 0 Å². The Morgan fingerprint density at radius 2 is 2.21 bits per heavy atom. The van der Waals surface area contributed by atoms with Crippen LogP contribution in [-0.4, -0.2) is 51.5 Å². The second-order valence-corrected chi connectivity index (χ2v) is 7.42. The number of hydrogen-bond acceptors (Lipinski definition) is 6. The molecule has 1 N–H and O–H groups in total. The molecule has 1 aliphatic heterocycles. The summed E-state index contributed by atoms with van der Waals surface area (Å²) in [5.41, 5.74) is -0.471. The molecule has 2 rings (SSSR count). The first-order chi connectivity index (χ1) is 11.4. The van der Waals surface area contributed by atoms with Crippen molar-refractivity contribution in [3.8, 4) is 0 Å². The normalized spacial score (nSPS) is 18.7.